The van der Waals surface area contributed by atoms with Crippen LogP contribution in [0.3, 0.4) is 0 Å². The summed E-state index contributed by atoms with van der Waals surface area (Å²) in [6, 6.07) is 10.3. The van der Waals surface area contributed by atoms with Crippen molar-refractivity contribution in [2.45, 2.75) is 12.4 Å². The van der Waals surface area contributed by atoms with Crippen molar-refractivity contribution < 1.29 is 40.3 Å². The summed E-state index contributed by atoms with van der Waals surface area (Å²) in [5, 5.41) is 4.36. The summed E-state index contributed by atoms with van der Waals surface area (Å²) in [5.74, 6) is -2.14. The van der Waals surface area contributed by atoms with E-state index in [0.717, 1.165) is 30.3 Å². The summed E-state index contributed by atoms with van der Waals surface area (Å²) in [5.41, 5.74) is -3.14. The lowest BCUT2D eigenvalue weighted by molar-refractivity contribution is -0.138. The van der Waals surface area contributed by atoms with E-state index in [1.807, 2.05) is 0 Å². The molecule has 1 heterocycles. The third-order valence-electron chi connectivity index (χ3n) is 4.21. The van der Waals surface area contributed by atoms with E-state index < -0.39 is 40.9 Å². The number of carbonyl (C=O) groups is 2. The van der Waals surface area contributed by atoms with E-state index in [0.29, 0.717) is 12.1 Å². The van der Waals surface area contributed by atoms with Crippen molar-refractivity contribution in [3.05, 3.63) is 89.4 Å². The molecule has 0 bridgehead atoms. The Morgan fingerprint density at radius 1 is 0.727 bits per heavy atom. The van der Waals surface area contributed by atoms with E-state index in [4.69, 9.17) is 4.42 Å². The maximum atomic E-state index is 12.9. The molecule has 0 saturated heterocycles. The highest BCUT2D eigenvalue weighted by Crippen LogP contribution is 2.32. The number of anilines is 2. The molecule has 0 aliphatic carbocycles. The molecule has 0 unspecified atom stereocenters. The minimum Gasteiger partial charge on any atom is -0.465 e. The molecule has 3 aromatic rings. The Kier molecular flexibility index (Phi) is 6.61. The summed E-state index contributed by atoms with van der Waals surface area (Å²) in [6.45, 7) is 0. The van der Waals surface area contributed by atoms with Crippen LogP contribution in [0, 0.1) is 0 Å². The zero-order valence-electron chi connectivity index (χ0n) is 16.4. The van der Waals surface area contributed by atoms with Crippen LogP contribution in [-0.4, -0.2) is 11.8 Å². The van der Waals surface area contributed by atoms with Crippen LogP contribution >= 0.6 is 0 Å². The Balaban J connectivity index is 1.88. The molecule has 0 atom stereocenters. The molecule has 11 heteroatoms. The highest BCUT2D eigenvalue weighted by molar-refractivity contribution is 6.28. The normalized spacial score (nSPS) is 11.6. The molecular weight excluding hydrogens is 454 g/mol. The number of hydrogen-bond donors (Lipinski definition) is 2. The molecule has 0 radical (unpaired) electrons. The molecule has 172 valence electrons. The Bertz CT molecular complexity index is 1110. The van der Waals surface area contributed by atoms with Gasteiger partial charge >= 0.3 is 12.4 Å². The predicted molar refractivity (Wildman–Crippen MR) is 107 cm³/mol. The van der Waals surface area contributed by atoms with Gasteiger partial charge < -0.3 is 15.1 Å². The molecule has 0 aliphatic heterocycles. The molecule has 0 saturated carbocycles. The quantitative estimate of drug-likeness (QED) is 0.210. The zero-order valence-corrected chi connectivity index (χ0v) is 16.4. The van der Waals surface area contributed by atoms with Crippen LogP contribution in [0.25, 0.3) is 6.08 Å². The molecule has 1 aromatic heterocycles. The van der Waals surface area contributed by atoms with E-state index in [-0.39, 0.29) is 17.1 Å². The minimum absolute atomic E-state index is 0.0587. The maximum absolute atomic E-state index is 12.9. The van der Waals surface area contributed by atoms with E-state index >= 15 is 0 Å². The molecule has 0 spiro atoms. The van der Waals surface area contributed by atoms with Gasteiger partial charge in [0, 0.05) is 11.4 Å². The number of halogens is 6. The molecule has 5 nitrogen and oxygen atoms in total. The first-order valence-corrected chi connectivity index (χ1v) is 9.16. The van der Waals surface area contributed by atoms with E-state index in [9.17, 15) is 35.9 Å². The van der Waals surface area contributed by atoms with Gasteiger partial charge in [-0.05, 0) is 54.6 Å². The van der Waals surface area contributed by atoms with Crippen molar-refractivity contribution >= 4 is 29.3 Å². The lowest BCUT2D eigenvalue weighted by atomic mass is 10.1. The molecule has 2 N–H and O–H groups in total. The van der Waals surface area contributed by atoms with E-state index in [1.54, 1.807) is 0 Å². The van der Waals surface area contributed by atoms with Crippen molar-refractivity contribution in [3.63, 3.8) is 0 Å². The van der Waals surface area contributed by atoms with Crippen LogP contribution in [0.1, 0.15) is 16.9 Å². The van der Waals surface area contributed by atoms with Gasteiger partial charge in [0.1, 0.15) is 11.3 Å². The number of carbonyl (C=O) groups excluding carboxylic acids is 2. The summed E-state index contributed by atoms with van der Waals surface area (Å²) < 4.78 is 82.6. The second kappa shape index (κ2) is 9.23. The van der Waals surface area contributed by atoms with Crippen LogP contribution in [0.5, 0.6) is 0 Å². The SMILES string of the molecule is O=C(Nc1cccc(C(F)(F)F)c1)C(=Cc1ccco1)C(=O)Nc1cccc(C(F)(F)F)c1. The van der Waals surface area contributed by atoms with Gasteiger partial charge in [0.25, 0.3) is 11.8 Å². The van der Waals surface area contributed by atoms with Gasteiger partial charge in [-0.25, -0.2) is 0 Å². The molecule has 33 heavy (non-hydrogen) atoms. The van der Waals surface area contributed by atoms with Crippen molar-refractivity contribution in [2.24, 2.45) is 0 Å². The average molecular weight is 468 g/mol. The zero-order chi connectivity index (χ0) is 24.2. The fourth-order valence-corrected chi connectivity index (χ4v) is 2.69. The van der Waals surface area contributed by atoms with Gasteiger partial charge in [0.15, 0.2) is 0 Å². The number of alkyl halides is 6. The largest absolute Gasteiger partial charge is 0.465 e. The summed E-state index contributed by atoms with van der Waals surface area (Å²) in [7, 11) is 0. The molecular formula is C22H14F6N2O3. The second-order valence-corrected chi connectivity index (χ2v) is 6.64. The van der Waals surface area contributed by atoms with Gasteiger partial charge in [-0.15, -0.1) is 0 Å². The van der Waals surface area contributed by atoms with Gasteiger partial charge in [-0.2, -0.15) is 26.3 Å². The molecule has 0 aliphatic rings. The molecule has 2 aromatic carbocycles. The first kappa shape index (κ1) is 23.6. The van der Waals surface area contributed by atoms with Crippen LogP contribution in [0.15, 0.2) is 76.9 Å². The van der Waals surface area contributed by atoms with Crippen molar-refractivity contribution in [1.29, 1.82) is 0 Å². The number of nitrogens with one attached hydrogen (secondary N) is 2. The average Bonchev–Trinajstić information content (AvgIpc) is 3.24. The Hall–Kier alpha value is -4.02. The van der Waals surface area contributed by atoms with Gasteiger partial charge in [-0.3, -0.25) is 9.59 Å². The van der Waals surface area contributed by atoms with Crippen molar-refractivity contribution in [2.75, 3.05) is 10.6 Å². The van der Waals surface area contributed by atoms with Gasteiger partial charge in [0.05, 0.1) is 17.4 Å². The minimum atomic E-state index is -4.66. The Morgan fingerprint density at radius 3 is 1.61 bits per heavy atom. The van der Waals surface area contributed by atoms with E-state index in [2.05, 4.69) is 10.6 Å². The summed E-state index contributed by atoms with van der Waals surface area (Å²) in [6.07, 6.45) is -7.06. The van der Waals surface area contributed by atoms with Gasteiger partial charge in [-0.1, -0.05) is 12.1 Å². The molecule has 0 fully saturated rings. The lowest BCUT2D eigenvalue weighted by Crippen LogP contribution is -2.25. The van der Waals surface area contributed by atoms with Crippen LogP contribution in [0.2, 0.25) is 0 Å². The lowest BCUT2D eigenvalue weighted by Gasteiger charge is -2.13. The Labute approximate surface area is 182 Å². The molecule has 3 rings (SSSR count). The number of amides is 2. The first-order valence-electron chi connectivity index (χ1n) is 9.16. The second-order valence-electron chi connectivity index (χ2n) is 6.64. The van der Waals surface area contributed by atoms with E-state index in [1.165, 1.54) is 30.5 Å². The third-order valence-corrected chi connectivity index (χ3v) is 4.21. The third kappa shape index (κ3) is 6.25. The standard InChI is InChI=1S/C22H14F6N2O3/c23-21(24,25)13-4-1-6-15(10-13)29-19(31)18(12-17-8-3-9-33-17)20(32)30-16-7-2-5-14(11-16)22(26,27)28/h1-12H,(H,29,31)(H,30,32). The van der Waals surface area contributed by atoms with Crippen LogP contribution in [0.4, 0.5) is 37.7 Å². The van der Waals surface area contributed by atoms with Crippen molar-refractivity contribution in [3.8, 4) is 0 Å². The predicted octanol–water partition coefficient (Wildman–Crippen LogP) is 5.98. The first-order chi connectivity index (χ1) is 15.4. The highest BCUT2D eigenvalue weighted by atomic mass is 19.4. The topological polar surface area (TPSA) is 71.3 Å². The highest BCUT2D eigenvalue weighted by Gasteiger charge is 2.32. The number of furan rings is 1. The maximum Gasteiger partial charge on any atom is 0.416 e. The monoisotopic (exact) mass is 468 g/mol. The fraction of sp³-hybridized carbons (Fsp3) is 0.0909. The summed E-state index contributed by atoms with van der Waals surface area (Å²) in [4.78, 5) is 25.4. The number of benzene rings is 2. The Morgan fingerprint density at radius 2 is 1.21 bits per heavy atom. The fourth-order valence-electron chi connectivity index (χ4n) is 2.69. The van der Waals surface area contributed by atoms with Crippen LogP contribution < -0.4 is 10.6 Å². The summed E-state index contributed by atoms with van der Waals surface area (Å²) >= 11 is 0. The van der Waals surface area contributed by atoms with Gasteiger partial charge in [0.2, 0.25) is 0 Å². The number of rotatable bonds is 5. The smallest absolute Gasteiger partial charge is 0.416 e. The van der Waals surface area contributed by atoms with Crippen LogP contribution in [-0.2, 0) is 21.9 Å². The number of hydrogen-bond acceptors (Lipinski definition) is 3. The molecule has 2 amide bonds. The van der Waals surface area contributed by atoms with Crippen molar-refractivity contribution in [1.82, 2.24) is 0 Å².